The Morgan fingerprint density at radius 3 is 2.63 bits per heavy atom. The van der Waals surface area contributed by atoms with Gasteiger partial charge in [0.15, 0.2) is 5.82 Å². The summed E-state index contributed by atoms with van der Waals surface area (Å²) in [5.41, 5.74) is 6.85. The fourth-order valence-corrected chi connectivity index (χ4v) is 2.30. The molecule has 2 atom stereocenters. The molecule has 0 aromatic carbocycles. The van der Waals surface area contributed by atoms with Gasteiger partial charge in [-0.3, -0.25) is 4.90 Å². The third-order valence-corrected chi connectivity index (χ3v) is 3.40. The summed E-state index contributed by atoms with van der Waals surface area (Å²) in [6.07, 6.45) is 4.52. The molecule has 106 valence electrons. The van der Waals surface area contributed by atoms with Crippen LogP contribution in [0.3, 0.4) is 0 Å². The fraction of sp³-hybridized carbons (Fsp3) is 0.714. The number of nitrogens with zero attached hydrogens (tertiary/aromatic N) is 3. The number of hydrogen-bond acceptors (Lipinski definition) is 5. The van der Waals surface area contributed by atoms with Crippen LogP contribution in [0.1, 0.15) is 38.3 Å². The van der Waals surface area contributed by atoms with Crippen molar-refractivity contribution in [2.75, 3.05) is 19.7 Å². The van der Waals surface area contributed by atoms with E-state index in [-0.39, 0.29) is 12.1 Å². The zero-order chi connectivity index (χ0) is 13.8. The first-order valence-corrected chi connectivity index (χ1v) is 6.98. The van der Waals surface area contributed by atoms with Crippen LogP contribution in [0.15, 0.2) is 12.4 Å². The third kappa shape index (κ3) is 3.96. The summed E-state index contributed by atoms with van der Waals surface area (Å²) in [4.78, 5) is 11.3. The predicted octanol–water partition coefficient (Wildman–Crippen LogP) is 1.15. The van der Waals surface area contributed by atoms with E-state index in [9.17, 15) is 0 Å². The SMILES string of the molecule is CC(N)Cc1cnc(C2CN(C(C)C)CCO2)nc1. The van der Waals surface area contributed by atoms with Gasteiger partial charge in [0.25, 0.3) is 0 Å². The second kappa shape index (κ2) is 6.41. The Morgan fingerprint density at radius 1 is 1.37 bits per heavy atom. The summed E-state index contributed by atoms with van der Waals surface area (Å²) in [7, 11) is 0. The third-order valence-electron chi connectivity index (χ3n) is 3.40. The van der Waals surface area contributed by atoms with Crippen molar-refractivity contribution in [1.29, 1.82) is 0 Å². The Kier molecular flexibility index (Phi) is 4.85. The highest BCUT2D eigenvalue weighted by Crippen LogP contribution is 2.20. The lowest BCUT2D eigenvalue weighted by molar-refractivity contribution is -0.0443. The monoisotopic (exact) mass is 264 g/mol. The number of ether oxygens (including phenoxy) is 1. The molecule has 5 heteroatoms. The molecule has 1 aliphatic heterocycles. The van der Waals surface area contributed by atoms with E-state index in [2.05, 4.69) is 28.7 Å². The molecule has 1 aromatic heterocycles. The number of hydrogen-bond donors (Lipinski definition) is 1. The predicted molar refractivity (Wildman–Crippen MR) is 74.8 cm³/mol. The smallest absolute Gasteiger partial charge is 0.158 e. The second-order valence-corrected chi connectivity index (χ2v) is 5.58. The summed E-state index contributed by atoms with van der Waals surface area (Å²) >= 11 is 0. The molecular formula is C14H24N4O. The van der Waals surface area contributed by atoms with Crippen LogP contribution in [0.5, 0.6) is 0 Å². The zero-order valence-electron chi connectivity index (χ0n) is 12.0. The summed E-state index contributed by atoms with van der Waals surface area (Å²) in [5, 5.41) is 0. The number of nitrogens with two attached hydrogens (primary N) is 1. The molecular weight excluding hydrogens is 240 g/mol. The number of aromatic nitrogens is 2. The van der Waals surface area contributed by atoms with Gasteiger partial charge in [-0.15, -0.1) is 0 Å². The molecule has 2 rings (SSSR count). The highest BCUT2D eigenvalue weighted by atomic mass is 16.5. The van der Waals surface area contributed by atoms with Gasteiger partial charge >= 0.3 is 0 Å². The van der Waals surface area contributed by atoms with Crippen LogP contribution in [0.25, 0.3) is 0 Å². The van der Waals surface area contributed by atoms with Crippen LogP contribution in [-0.4, -0.2) is 46.6 Å². The van der Waals surface area contributed by atoms with E-state index in [0.29, 0.717) is 6.04 Å². The van der Waals surface area contributed by atoms with Crippen LogP contribution >= 0.6 is 0 Å². The first-order chi connectivity index (χ1) is 9.06. The summed E-state index contributed by atoms with van der Waals surface area (Å²) in [6.45, 7) is 8.98. The van der Waals surface area contributed by atoms with Crippen LogP contribution in [0.2, 0.25) is 0 Å². The second-order valence-electron chi connectivity index (χ2n) is 5.58. The number of rotatable bonds is 4. The molecule has 0 radical (unpaired) electrons. The summed E-state index contributed by atoms with van der Waals surface area (Å²) in [5.74, 6) is 0.777. The molecule has 5 nitrogen and oxygen atoms in total. The highest BCUT2D eigenvalue weighted by molar-refractivity contribution is 5.08. The largest absolute Gasteiger partial charge is 0.368 e. The molecule has 1 fully saturated rings. The van der Waals surface area contributed by atoms with E-state index in [1.807, 2.05) is 19.3 Å². The first kappa shape index (κ1) is 14.4. The van der Waals surface area contributed by atoms with Gasteiger partial charge in [-0.1, -0.05) is 0 Å². The Bertz CT molecular complexity index is 391. The molecule has 0 amide bonds. The summed E-state index contributed by atoms with van der Waals surface area (Å²) in [6, 6.07) is 0.667. The highest BCUT2D eigenvalue weighted by Gasteiger charge is 2.25. The van der Waals surface area contributed by atoms with E-state index in [1.165, 1.54) is 0 Å². The first-order valence-electron chi connectivity index (χ1n) is 6.98. The van der Waals surface area contributed by atoms with Crippen molar-refractivity contribution in [3.63, 3.8) is 0 Å². The lowest BCUT2D eigenvalue weighted by Gasteiger charge is -2.34. The van der Waals surface area contributed by atoms with E-state index >= 15 is 0 Å². The van der Waals surface area contributed by atoms with Gasteiger partial charge in [0.2, 0.25) is 0 Å². The maximum atomic E-state index is 5.77. The van der Waals surface area contributed by atoms with Gasteiger partial charge in [-0.2, -0.15) is 0 Å². The van der Waals surface area contributed by atoms with E-state index in [4.69, 9.17) is 10.5 Å². The molecule has 0 spiro atoms. The molecule has 19 heavy (non-hydrogen) atoms. The van der Waals surface area contributed by atoms with Gasteiger partial charge in [0, 0.05) is 37.6 Å². The van der Waals surface area contributed by atoms with Crippen molar-refractivity contribution in [1.82, 2.24) is 14.9 Å². The average molecular weight is 264 g/mol. The minimum absolute atomic E-state index is 0.0134. The molecule has 2 N–H and O–H groups in total. The maximum Gasteiger partial charge on any atom is 0.158 e. The molecule has 2 unspecified atom stereocenters. The normalized spacial score (nSPS) is 22.7. The topological polar surface area (TPSA) is 64.3 Å². The van der Waals surface area contributed by atoms with Crippen molar-refractivity contribution in [2.24, 2.45) is 5.73 Å². The minimum Gasteiger partial charge on any atom is -0.368 e. The van der Waals surface area contributed by atoms with Gasteiger partial charge < -0.3 is 10.5 Å². The van der Waals surface area contributed by atoms with Gasteiger partial charge in [0.1, 0.15) is 6.10 Å². The quantitative estimate of drug-likeness (QED) is 0.883. The van der Waals surface area contributed by atoms with Crippen LogP contribution in [-0.2, 0) is 11.2 Å². The average Bonchev–Trinajstić information content (AvgIpc) is 2.39. The van der Waals surface area contributed by atoms with Crippen molar-refractivity contribution in [3.05, 3.63) is 23.8 Å². The molecule has 0 bridgehead atoms. The van der Waals surface area contributed by atoms with Crippen LogP contribution in [0, 0.1) is 0 Å². The summed E-state index contributed by atoms with van der Waals surface area (Å²) < 4.78 is 5.77. The fourth-order valence-electron chi connectivity index (χ4n) is 2.30. The van der Waals surface area contributed by atoms with Gasteiger partial charge in [0.05, 0.1) is 6.61 Å². The van der Waals surface area contributed by atoms with Crippen molar-refractivity contribution >= 4 is 0 Å². The van der Waals surface area contributed by atoms with Crippen molar-refractivity contribution in [3.8, 4) is 0 Å². The molecule has 0 aliphatic carbocycles. The Morgan fingerprint density at radius 2 is 2.05 bits per heavy atom. The maximum absolute atomic E-state index is 5.77. The van der Waals surface area contributed by atoms with Gasteiger partial charge in [-0.05, 0) is 32.8 Å². The van der Waals surface area contributed by atoms with E-state index in [1.54, 1.807) is 0 Å². The van der Waals surface area contributed by atoms with Crippen LogP contribution in [0.4, 0.5) is 0 Å². The number of morpholine rings is 1. The van der Waals surface area contributed by atoms with Crippen molar-refractivity contribution < 1.29 is 4.74 Å². The van der Waals surface area contributed by atoms with Crippen LogP contribution < -0.4 is 5.73 Å². The van der Waals surface area contributed by atoms with E-state index < -0.39 is 0 Å². The molecule has 1 aliphatic rings. The van der Waals surface area contributed by atoms with Gasteiger partial charge in [-0.25, -0.2) is 9.97 Å². The standard InChI is InChI=1S/C14H24N4O/c1-10(2)18-4-5-19-13(9-18)14-16-7-12(8-17-14)6-11(3)15/h7-8,10-11,13H,4-6,9,15H2,1-3H3. The Balaban J connectivity index is 2.01. The molecule has 2 heterocycles. The Labute approximate surface area is 115 Å². The minimum atomic E-state index is -0.0134. The molecule has 1 saturated heterocycles. The molecule has 0 saturated carbocycles. The zero-order valence-corrected chi connectivity index (χ0v) is 12.0. The lowest BCUT2D eigenvalue weighted by atomic mass is 10.1. The Hall–Kier alpha value is -1.04. The van der Waals surface area contributed by atoms with E-state index in [0.717, 1.165) is 37.5 Å². The van der Waals surface area contributed by atoms with Crippen molar-refractivity contribution in [2.45, 2.75) is 45.4 Å². The molecule has 1 aromatic rings. The lowest BCUT2D eigenvalue weighted by Crippen LogP contribution is -2.42.